The van der Waals surface area contributed by atoms with Crippen molar-refractivity contribution in [2.75, 3.05) is 13.1 Å². The number of halogens is 5. The molecule has 0 bridgehead atoms. The fourth-order valence-corrected chi connectivity index (χ4v) is 1.41. The highest BCUT2D eigenvalue weighted by atomic mass is 35.5. The molecule has 1 unspecified atom stereocenters. The summed E-state index contributed by atoms with van der Waals surface area (Å²) in [5.41, 5.74) is 0. The lowest BCUT2D eigenvalue weighted by Crippen LogP contribution is -2.35. The molecule has 2 nitrogen and oxygen atoms in total. The van der Waals surface area contributed by atoms with Crippen LogP contribution in [0.4, 0.5) is 17.6 Å². The first kappa shape index (κ1) is 15.0. The number of benzene rings is 1. The second kappa shape index (κ2) is 6.24. The van der Waals surface area contributed by atoms with Gasteiger partial charge in [0.1, 0.15) is 17.7 Å². The zero-order chi connectivity index (χ0) is 13.8. The molecule has 1 rings (SSSR count). The Balaban J connectivity index is 2.40. The molecule has 1 aromatic rings. The van der Waals surface area contributed by atoms with Crippen LogP contribution in [0, 0.1) is 5.82 Å². The van der Waals surface area contributed by atoms with Crippen LogP contribution < -0.4 is 10.1 Å². The maximum absolute atomic E-state index is 12.8. The van der Waals surface area contributed by atoms with Gasteiger partial charge in [-0.25, -0.2) is 4.39 Å². The minimum absolute atomic E-state index is 0.0223. The Morgan fingerprint density at radius 2 is 2.06 bits per heavy atom. The van der Waals surface area contributed by atoms with E-state index in [1.165, 1.54) is 12.1 Å². The Labute approximate surface area is 107 Å². The van der Waals surface area contributed by atoms with Crippen molar-refractivity contribution >= 4 is 11.6 Å². The molecule has 0 aromatic heterocycles. The number of ether oxygens (including phenoxy) is 1. The van der Waals surface area contributed by atoms with Gasteiger partial charge in [-0.1, -0.05) is 11.6 Å². The molecule has 18 heavy (non-hydrogen) atoms. The second-order valence-electron chi connectivity index (χ2n) is 3.75. The predicted octanol–water partition coefficient (Wildman–Crippen LogP) is 3.40. The average molecular weight is 286 g/mol. The number of hydrogen-bond donors (Lipinski definition) is 1. The maximum Gasteiger partial charge on any atom is 0.401 e. The van der Waals surface area contributed by atoms with Crippen LogP contribution in [-0.2, 0) is 0 Å². The molecule has 0 aliphatic carbocycles. The highest BCUT2D eigenvalue weighted by molar-refractivity contribution is 6.30. The SMILES string of the molecule is CC(CNCC(F)(F)F)Oc1ccc(F)c(Cl)c1. The van der Waals surface area contributed by atoms with Crippen LogP contribution in [0.2, 0.25) is 5.02 Å². The lowest BCUT2D eigenvalue weighted by atomic mass is 10.3. The maximum atomic E-state index is 12.8. The molecule has 0 spiro atoms. The van der Waals surface area contributed by atoms with Crippen LogP contribution >= 0.6 is 11.6 Å². The van der Waals surface area contributed by atoms with Gasteiger partial charge >= 0.3 is 6.18 Å². The molecule has 1 atom stereocenters. The normalized spacial score (nSPS) is 13.4. The lowest BCUT2D eigenvalue weighted by molar-refractivity contribution is -0.125. The van der Waals surface area contributed by atoms with Crippen molar-refractivity contribution in [3.63, 3.8) is 0 Å². The Kier molecular flexibility index (Phi) is 5.22. The molecule has 1 aromatic carbocycles. The van der Waals surface area contributed by atoms with E-state index in [0.717, 1.165) is 6.07 Å². The van der Waals surface area contributed by atoms with Gasteiger partial charge in [-0.15, -0.1) is 0 Å². The third kappa shape index (κ3) is 5.55. The lowest BCUT2D eigenvalue weighted by Gasteiger charge is -2.16. The zero-order valence-corrected chi connectivity index (χ0v) is 10.3. The van der Waals surface area contributed by atoms with E-state index in [4.69, 9.17) is 16.3 Å². The zero-order valence-electron chi connectivity index (χ0n) is 9.52. The molecule has 7 heteroatoms. The molecule has 0 aliphatic rings. The fraction of sp³-hybridized carbons (Fsp3) is 0.455. The number of rotatable bonds is 5. The number of nitrogens with one attached hydrogen (secondary N) is 1. The summed E-state index contributed by atoms with van der Waals surface area (Å²) in [4.78, 5) is 0. The van der Waals surface area contributed by atoms with E-state index < -0.39 is 24.6 Å². The molecule has 0 amide bonds. The molecule has 0 saturated carbocycles. The standard InChI is InChI=1S/C11H12ClF4NO/c1-7(5-17-6-11(14,15)16)18-8-2-3-10(13)9(12)4-8/h2-4,7,17H,5-6H2,1H3. The number of alkyl halides is 3. The van der Waals surface area contributed by atoms with Crippen molar-refractivity contribution in [3.8, 4) is 5.75 Å². The van der Waals surface area contributed by atoms with Crippen molar-refractivity contribution in [3.05, 3.63) is 29.0 Å². The Bertz CT molecular complexity index is 397. The van der Waals surface area contributed by atoms with Gasteiger partial charge in [-0.2, -0.15) is 13.2 Å². The Hall–Kier alpha value is -1.01. The summed E-state index contributed by atoms with van der Waals surface area (Å²) in [6.45, 7) is 0.542. The van der Waals surface area contributed by atoms with E-state index in [1.807, 2.05) is 0 Å². The predicted molar refractivity (Wildman–Crippen MR) is 60.4 cm³/mol. The molecule has 0 saturated heterocycles. The quantitative estimate of drug-likeness (QED) is 0.837. The first-order valence-corrected chi connectivity index (χ1v) is 5.55. The fourth-order valence-electron chi connectivity index (χ4n) is 1.24. The number of hydrogen-bond acceptors (Lipinski definition) is 2. The highest BCUT2D eigenvalue weighted by Gasteiger charge is 2.26. The molecule has 0 fully saturated rings. The van der Waals surface area contributed by atoms with Crippen LogP contribution in [0.3, 0.4) is 0 Å². The first-order valence-electron chi connectivity index (χ1n) is 5.17. The van der Waals surface area contributed by atoms with Crippen molar-refractivity contribution in [2.45, 2.75) is 19.2 Å². The van der Waals surface area contributed by atoms with E-state index in [0.29, 0.717) is 5.75 Å². The molecular weight excluding hydrogens is 274 g/mol. The summed E-state index contributed by atoms with van der Waals surface area (Å²) in [6.07, 6.45) is -4.74. The van der Waals surface area contributed by atoms with E-state index in [9.17, 15) is 17.6 Å². The van der Waals surface area contributed by atoms with E-state index in [1.54, 1.807) is 6.92 Å². The summed E-state index contributed by atoms with van der Waals surface area (Å²) in [7, 11) is 0. The van der Waals surface area contributed by atoms with Crippen molar-refractivity contribution in [1.29, 1.82) is 0 Å². The van der Waals surface area contributed by atoms with Gasteiger partial charge in [0, 0.05) is 12.6 Å². The average Bonchev–Trinajstić information content (AvgIpc) is 2.21. The minimum atomic E-state index is -4.25. The van der Waals surface area contributed by atoms with E-state index in [-0.39, 0.29) is 11.6 Å². The summed E-state index contributed by atoms with van der Waals surface area (Å²) in [5, 5.41) is 2.12. The van der Waals surface area contributed by atoms with Crippen LogP contribution in [-0.4, -0.2) is 25.4 Å². The molecule has 1 N–H and O–H groups in total. The third-order valence-electron chi connectivity index (χ3n) is 1.99. The van der Waals surface area contributed by atoms with E-state index in [2.05, 4.69) is 5.32 Å². The minimum Gasteiger partial charge on any atom is -0.489 e. The van der Waals surface area contributed by atoms with Gasteiger partial charge in [0.15, 0.2) is 0 Å². The monoisotopic (exact) mass is 285 g/mol. The van der Waals surface area contributed by atoms with E-state index >= 15 is 0 Å². The van der Waals surface area contributed by atoms with Gasteiger partial charge in [0.05, 0.1) is 11.6 Å². The summed E-state index contributed by atoms with van der Waals surface area (Å²) in [5.74, 6) is -0.269. The third-order valence-corrected chi connectivity index (χ3v) is 2.28. The summed E-state index contributed by atoms with van der Waals surface area (Å²) in [6, 6.07) is 3.77. The van der Waals surface area contributed by atoms with Gasteiger partial charge in [0.2, 0.25) is 0 Å². The van der Waals surface area contributed by atoms with Crippen LogP contribution in [0.25, 0.3) is 0 Å². The van der Waals surface area contributed by atoms with Crippen LogP contribution in [0.5, 0.6) is 5.75 Å². The summed E-state index contributed by atoms with van der Waals surface area (Å²) >= 11 is 5.54. The Morgan fingerprint density at radius 1 is 1.39 bits per heavy atom. The second-order valence-corrected chi connectivity index (χ2v) is 4.16. The first-order chi connectivity index (χ1) is 8.28. The van der Waals surface area contributed by atoms with Crippen LogP contribution in [0.15, 0.2) is 18.2 Å². The Morgan fingerprint density at radius 3 is 2.61 bits per heavy atom. The molecular formula is C11H12ClF4NO. The molecule has 0 heterocycles. The van der Waals surface area contributed by atoms with Gasteiger partial charge in [-0.05, 0) is 19.1 Å². The molecule has 0 aliphatic heterocycles. The largest absolute Gasteiger partial charge is 0.489 e. The smallest absolute Gasteiger partial charge is 0.401 e. The van der Waals surface area contributed by atoms with Gasteiger partial charge < -0.3 is 10.1 Å². The van der Waals surface area contributed by atoms with Crippen LogP contribution in [0.1, 0.15) is 6.92 Å². The van der Waals surface area contributed by atoms with Crippen molar-refractivity contribution in [2.24, 2.45) is 0 Å². The van der Waals surface area contributed by atoms with Crippen molar-refractivity contribution < 1.29 is 22.3 Å². The molecule has 102 valence electrons. The topological polar surface area (TPSA) is 21.3 Å². The van der Waals surface area contributed by atoms with Gasteiger partial charge in [-0.3, -0.25) is 0 Å². The highest BCUT2D eigenvalue weighted by Crippen LogP contribution is 2.21. The van der Waals surface area contributed by atoms with Crippen molar-refractivity contribution in [1.82, 2.24) is 5.32 Å². The van der Waals surface area contributed by atoms with Gasteiger partial charge in [0.25, 0.3) is 0 Å². The molecule has 0 radical (unpaired) electrons. The summed E-state index contributed by atoms with van der Waals surface area (Å²) < 4.78 is 53.7.